The lowest BCUT2D eigenvalue weighted by Gasteiger charge is -2.63. The van der Waals surface area contributed by atoms with Crippen LogP contribution in [0.1, 0.15) is 157 Å². The number of thioether (sulfide) groups is 1. The minimum absolute atomic E-state index is 0.0146. The van der Waals surface area contributed by atoms with Crippen molar-refractivity contribution < 1.29 is 102 Å². The van der Waals surface area contributed by atoms with Gasteiger partial charge < -0.3 is 110 Å². The quantitative estimate of drug-likeness (QED) is 0.0240. The molecule has 4 saturated carbocycles. The van der Waals surface area contributed by atoms with E-state index in [0.717, 1.165) is 30.2 Å². The third kappa shape index (κ3) is 30.9. The fraction of sp³-hybridized carbons (Fsp3) is 0.713. The van der Waals surface area contributed by atoms with E-state index in [0.29, 0.717) is 62.1 Å². The summed E-state index contributed by atoms with van der Waals surface area (Å²) in [6.07, 6.45) is 9.57. The molecule has 1 aliphatic heterocycles. The van der Waals surface area contributed by atoms with Crippen LogP contribution in [0.25, 0.3) is 10.9 Å². The zero-order valence-electron chi connectivity index (χ0n) is 75.5. The number of fused-ring (bicyclic) bond motifs is 6. The lowest BCUT2D eigenvalue weighted by Crippen LogP contribution is -2.63. The predicted molar refractivity (Wildman–Crippen MR) is 473 cm³/mol. The number of aromatic nitrogens is 3. The van der Waals surface area contributed by atoms with Crippen molar-refractivity contribution in [2.75, 3.05) is 110 Å². The largest absolute Gasteiger partial charge is 0.480 e. The van der Waals surface area contributed by atoms with Gasteiger partial charge in [-0.1, -0.05) is 52.8 Å². The number of benzene rings is 1. The van der Waals surface area contributed by atoms with Crippen LogP contribution in [-0.2, 0) is 89.4 Å². The van der Waals surface area contributed by atoms with Crippen LogP contribution in [0.5, 0.6) is 0 Å². The minimum atomic E-state index is -1.30. The number of nitrogens with two attached hydrogens (primary N) is 2. The number of carboxylic acids is 3. The molecule has 3 heterocycles. The van der Waals surface area contributed by atoms with Gasteiger partial charge in [-0.15, -0.1) is 0 Å². The normalized spacial score (nSPS) is 24.9. The van der Waals surface area contributed by atoms with E-state index in [-0.39, 0.29) is 182 Å². The highest BCUT2D eigenvalue weighted by atomic mass is 32.2. The van der Waals surface area contributed by atoms with Gasteiger partial charge in [0.05, 0.1) is 63.0 Å². The van der Waals surface area contributed by atoms with E-state index < -0.39 is 156 Å². The summed E-state index contributed by atoms with van der Waals surface area (Å²) in [5.74, 6) is -9.81. The van der Waals surface area contributed by atoms with Gasteiger partial charge in [-0.3, -0.25) is 86.7 Å². The first kappa shape index (κ1) is 104. The van der Waals surface area contributed by atoms with Crippen LogP contribution in [-0.4, -0.2) is 326 Å². The maximum absolute atomic E-state index is 14.6. The number of carboxylic acid groups (broad SMARTS) is 3. The number of nitrogens with zero attached hydrogens (tertiary/aromatic N) is 5. The van der Waals surface area contributed by atoms with Crippen molar-refractivity contribution in [3.8, 4) is 0 Å². The van der Waals surface area contributed by atoms with E-state index in [4.69, 9.17) is 20.9 Å². The molecule has 5 fully saturated rings. The number of ether oxygens (including phenoxy) is 2. The van der Waals surface area contributed by atoms with Crippen molar-refractivity contribution in [2.45, 2.75) is 232 Å². The van der Waals surface area contributed by atoms with Crippen LogP contribution in [0.2, 0.25) is 0 Å². The minimum Gasteiger partial charge on any atom is -0.480 e. The van der Waals surface area contributed by atoms with Gasteiger partial charge in [0.2, 0.25) is 65.0 Å². The topological polar surface area (TPSA) is 588 Å². The van der Waals surface area contributed by atoms with Gasteiger partial charge in [0.25, 0.3) is 0 Å². The van der Waals surface area contributed by atoms with Crippen LogP contribution in [0.4, 0.5) is 0 Å². The highest BCUT2D eigenvalue weighted by molar-refractivity contribution is 7.98. The molecule has 40 nitrogen and oxygen atoms in total. The lowest BCUT2D eigenvalue weighted by molar-refractivity contribution is -0.203. The molecular weight excluding hydrogens is 1680 g/mol. The Kier molecular flexibility index (Phi) is 40.2. The van der Waals surface area contributed by atoms with Gasteiger partial charge in [-0.2, -0.15) is 11.8 Å². The summed E-state index contributed by atoms with van der Waals surface area (Å²) < 4.78 is 11.7. The third-order valence-electron chi connectivity index (χ3n) is 26.6. The van der Waals surface area contributed by atoms with Crippen LogP contribution >= 0.6 is 11.8 Å². The standard InChI is InChI=1S/C87H139N19O21S/c1-49(2)34-66(84(124)100-64(79(89)119)22-33-128-10)101-85(125)68(38-58-41-90-48-94-58)99-72(110)42-93-80(120)51(4)95-81(121)52(5)96-83(123)67(35-55-40-92-63-16-12-11-15-59(55)63)102-82(122)65(19-20-71(88)109)91-24-13-14-50(3)60-17-18-61-78-62(39-70(108)87(60,61)9)86(8)23-21-57(36-56(86)37-69(78)107)98-74(112)47-126-54(7)127-53(6)97-73(111)43-103-25-27-104(44-75(113)114)29-31-106(46-77(117)118)32-30-105(28-26-103)45-76(115)116/h11-12,15-16,40-41,48-54,56-57,60-62,64-70,78,91-92,107-108H,13-14,17-39,42-47H2,1-10H3,(H2,88,109)(H2,89,119)(H,90,94)(H,93,120)(H,95,121)(H,96,123)(H,97,111)(H,98,112)(H,99,110)(H,100,124)(H,101,125)(H,102,122)(H,113,114)(H,115,116)(H,117,118)/t50-,51+,52+,53?,54?,56+,57+,60-,61+,62+,64+,65+,66+,67+,68+,69-,70+,78+,86+,87-/m1/s1. The molecule has 2 aromatic heterocycles. The van der Waals surface area contributed by atoms with E-state index >= 15 is 0 Å². The maximum Gasteiger partial charge on any atom is 0.317 e. The molecule has 41 heteroatoms. The fourth-order valence-corrected chi connectivity index (χ4v) is 20.3. The molecular formula is C87H139N19O21S. The Morgan fingerprint density at radius 3 is 1.79 bits per heavy atom. The van der Waals surface area contributed by atoms with E-state index in [9.17, 15) is 92.7 Å². The number of rotatable bonds is 48. The average Bonchev–Trinajstić information content (AvgIpc) is 1.52. The molecule has 1 aromatic carbocycles. The summed E-state index contributed by atoms with van der Waals surface area (Å²) in [7, 11) is 0. The number of primary amides is 2. The predicted octanol–water partition coefficient (Wildman–Crippen LogP) is -0.932. The van der Waals surface area contributed by atoms with Gasteiger partial charge in [0.15, 0.2) is 6.29 Å². The zero-order valence-corrected chi connectivity index (χ0v) is 76.3. The molecule has 0 bridgehead atoms. The summed E-state index contributed by atoms with van der Waals surface area (Å²) in [5.41, 5.74) is 12.3. The van der Waals surface area contributed by atoms with Crippen molar-refractivity contribution >= 4 is 106 Å². The van der Waals surface area contributed by atoms with Crippen molar-refractivity contribution in [3.63, 3.8) is 0 Å². The number of nitrogens with one attached hydrogen (secondary N) is 12. The summed E-state index contributed by atoms with van der Waals surface area (Å²) in [5, 5.41) is 82.2. The number of amides is 11. The third-order valence-corrected chi connectivity index (χ3v) is 27.3. The molecule has 0 spiro atoms. The number of H-pyrrole nitrogens is 2. The number of carbonyl (C=O) groups excluding carboxylic acids is 11. The molecule has 20 atom stereocenters. The Hall–Kier alpha value is -9.46. The van der Waals surface area contributed by atoms with Crippen LogP contribution in [0.3, 0.4) is 0 Å². The van der Waals surface area contributed by atoms with Gasteiger partial charge in [0.1, 0.15) is 49.1 Å². The van der Waals surface area contributed by atoms with Gasteiger partial charge in [-0.25, -0.2) is 4.98 Å². The molecule has 4 aliphatic carbocycles. The smallest absolute Gasteiger partial charge is 0.317 e. The van der Waals surface area contributed by atoms with E-state index in [1.165, 1.54) is 38.1 Å². The van der Waals surface area contributed by atoms with Crippen molar-refractivity contribution in [2.24, 2.45) is 63.7 Å². The molecule has 3 aromatic rings. The molecule has 8 rings (SSSR count). The first-order valence-electron chi connectivity index (χ1n) is 44.8. The fourth-order valence-electron chi connectivity index (χ4n) is 19.8. The Labute approximate surface area is 751 Å². The number of carbonyl (C=O) groups is 14. The van der Waals surface area contributed by atoms with Gasteiger partial charge >= 0.3 is 17.9 Å². The van der Waals surface area contributed by atoms with Crippen molar-refractivity contribution in [3.05, 3.63) is 54.2 Å². The van der Waals surface area contributed by atoms with E-state index in [2.05, 4.69) is 88.9 Å². The Morgan fingerprint density at radius 2 is 1.19 bits per heavy atom. The number of aliphatic hydroxyl groups excluding tert-OH is 2. The number of aromatic amines is 2. The number of aliphatic hydroxyl groups is 2. The van der Waals surface area contributed by atoms with Crippen LogP contribution in [0, 0.1) is 52.3 Å². The van der Waals surface area contributed by atoms with Crippen LogP contribution in [0.15, 0.2) is 43.0 Å². The molecule has 11 amide bonds. The molecule has 1 saturated heterocycles. The second-order valence-electron chi connectivity index (χ2n) is 36.4. The molecule has 0 radical (unpaired) electrons. The van der Waals surface area contributed by atoms with Gasteiger partial charge in [0, 0.05) is 101 Å². The molecule has 5 aliphatic rings. The number of aliphatic carboxylic acids is 3. The molecule has 21 N–H and O–H groups in total. The molecule has 2 unspecified atom stereocenters. The Morgan fingerprint density at radius 1 is 0.609 bits per heavy atom. The monoisotopic (exact) mass is 1820 g/mol. The lowest BCUT2D eigenvalue weighted by atomic mass is 9.43. The number of hydrogen-bond donors (Lipinski definition) is 19. The second-order valence-corrected chi connectivity index (χ2v) is 37.4. The van der Waals surface area contributed by atoms with E-state index in [1.54, 1.807) is 39.6 Å². The van der Waals surface area contributed by atoms with Gasteiger partial charge in [-0.05, 0) is 187 Å². The SMILES string of the molecule is CSCC[C@H](NC(=O)[C@H](CC(C)C)NC(=O)[C@H](Cc1c[nH]cn1)NC(=O)CNC(=O)[C@H](C)NC(=O)[C@H](C)NC(=O)[C@H](Cc1c[nH]c2ccccc12)NC(=O)[C@H](CCC(N)=O)NCCC[C@@H](C)[C@H]1CC[C@H]2[C@@H]3[C@H](O)C[C@@H]4C[C@@H](NC(=O)COC(C)OC(C)NC(=O)CN5CCN(CC(=O)O)CCN(CC(=O)O)CCN(CC(=O)O)CC5)CC[C@]4(C)[C@H]3C[C@H](O)[C@]12C)C(N)=O. The highest BCUT2D eigenvalue weighted by Gasteiger charge is 2.66. The number of hydrogen-bond acceptors (Lipinski definition) is 25. The first-order valence-corrected chi connectivity index (χ1v) is 46.2. The number of para-hydroxylation sites is 1. The average molecular weight is 1820 g/mol. The Bertz CT molecular complexity index is 4210. The summed E-state index contributed by atoms with van der Waals surface area (Å²) in [4.78, 5) is 201. The molecule has 714 valence electrons. The first-order chi connectivity index (χ1) is 60.6. The van der Waals surface area contributed by atoms with Crippen LogP contribution < -0.4 is 64.6 Å². The summed E-state index contributed by atoms with van der Waals surface area (Å²) in [6, 6.07) is -1.10. The second kappa shape index (κ2) is 49.5. The zero-order chi connectivity index (χ0) is 93.9. The molecule has 128 heavy (non-hydrogen) atoms. The maximum atomic E-state index is 14.6. The van der Waals surface area contributed by atoms with Crippen molar-refractivity contribution in [1.29, 1.82) is 0 Å². The number of imidazole rings is 1. The Balaban J connectivity index is 0.800. The highest BCUT2D eigenvalue weighted by Crippen LogP contribution is 2.68. The summed E-state index contributed by atoms with van der Waals surface area (Å²) in [6.45, 7) is 16.5. The summed E-state index contributed by atoms with van der Waals surface area (Å²) >= 11 is 1.46. The van der Waals surface area contributed by atoms with E-state index in [1.807, 2.05) is 44.4 Å². The van der Waals surface area contributed by atoms with Crippen molar-refractivity contribution in [1.82, 2.24) is 87.7 Å².